The molecule has 1 aromatic rings. The molecule has 2 aliphatic heterocycles. The summed E-state index contributed by atoms with van der Waals surface area (Å²) in [5.41, 5.74) is 0. The van der Waals surface area contributed by atoms with Crippen LogP contribution in [0.5, 0.6) is 0 Å². The predicted molar refractivity (Wildman–Crippen MR) is 65.2 cm³/mol. The Morgan fingerprint density at radius 2 is 2.28 bits per heavy atom. The lowest BCUT2D eigenvalue weighted by molar-refractivity contribution is -0.161. The van der Waals surface area contributed by atoms with Gasteiger partial charge in [-0.25, -0.2) is 9.78 Å². The molecule has 0 bridgehead atoms. The van der Waals surface area contributed by atoms with E-state index in [0.29, 0.717) is 19.8 Å². The summed E-state index contributed by atoms with van der Waals surface area (Å²) >= 11 is 1.19. The van der Waals surface area contributed by atoms with Gasteiger partial charge in [-0.15, -0.1) is 0 Å². The minimum atomic E-state index is -0.932. The quantitative estimate of drug-likeness (QED) is 0.870. The number of nitrogens with zero attached hydrogens (tertiary/aromatic N) is 2. The Hall–Kier alpha value is -1.18. The third kappa shape index (κ3) is 2.09. The first kappa shape index (κ1) is 11.9. The van der Waals surface area contributed by atoms with Crippen LogP contribution in [0.2, 0.25) is 0 Å². The van der Waals surface area contributed by atoms with E-state index in [2.05, 4.69) is 4.98 Å². The van der Waals surface area contributed by atoms with Gasteiger partial charge in [-0.2, -0.15) is 0 Å². The Morgan fingerprint density at radius 1 is 1.50 bits per heavy atom. The minimum absolute atomic E-state index is 0.262. The molecule has 3 heterocycles. The number of piperidine rings is 1. The van der Waals surface area contributed by atoms with E-state index >= 15 is 0 Å². The molecule has 2 saturated heterocycles. The van der Waals surface area contributed by atoms with Crippen LogP contribution < -0.4 is 4.90 Å². The van der Waals surface area contributed by atoms with E-state index in [1.165, 1.54) is 17.5 Å². The van der Waals surface area contributed by atoms with Crippen LogP contribution >= 0.6 is 11.3 Å². The molecular weight excluding hydrogens is 256 g/mol. The normalized spacial score (nSPS) is 22.6. The molecule has 3 rings (SSSR count). The largest absolute Gasteiger partial charge is 0.477 e. The number of hydrogen-bond donors (Lipinski definition) is 1. The van der Waals surface area contributed by atoms with Crippen LogP contribution in [0.15, 0.2) is 6.20 Å². The smallest absolute Gasteiger partial charge is 0.347 e. The number of carbonyl (C=O) groups is 1. The highest BCUT2D eigenvalue weighted by Crippen LogP contribution is 2.34. The molecule has 0 aromatic carbocycles. The molecule has 1 aromatic heterocycles. The maximum Gasteiger partial charge on any atom is 0.347 e. The first-order valence-electron chi connectivity index (χ1n) is 5.91. The minimum Gasteiger partial charge on any atom is -0.477 e. The van der Waals surface area contributed by atoms with Crippen molar-refractivity contribution in [2.75, 3.05) is 31.2 Å². The van der Waals surface area contributed by atoms with Crippen molar-refractivity contribution < 1.29 is 19.4 Å². The molecule has 6 nitrogen and oxygen atoms in total. The summed E-state index contributed by atoms with van der Waals surface area (Å²) in [4.78, 5) is 17.3. The first-order valence-corrected chi connectivity index (χ1v) is 6.72. The van der Waals surface area contributed by atoms with Crippen molar-refractivity contribution in [3.8, 4) is 0 Å². The van der Waals surface area contributed by atoms with Crippen molar-refractivity contribution in [3.63, 3.8) is 0 Å². The summed E-state index contributed by atoms with van der Waals surface area (Å²) in [6.07, 6.45) is 3.25. The molecule has 0 aliphatic carbocycles. The van der Waals surface area contributed by atoms with Crippen molar-refractivity contribution in [3.05, 3.63) is 11.1 Å². The van der Waals surface area contributed by atoms with Gasteiger partial charge in [0.15, 0.2) is 10.9 Å². The topological polar surface area (TPSA) is 71.9 Å². The number of hydrogen-bond acceptors (Lipinski definition) is 6. The number of aromatic carboxylic acids is 1. The van der Waals surface area contributed by atoms with Gasteiger partial charge in [-0.05, 0) is 6.42 Å². The van der Waals surface area contributed by atoms with Gasteiger partial charge in [0, 0.05) is 13.0 Å². The van der Waals surface area contributed by atoms with Gasteiger partial charge in [0.1, 0.15) is 4.88 Å². The van der Waals surface area contributed by atoms with Crippen LogP contribution in [-0.2, 0) is 9.47 Å². The number of ether oxygens (including phenoxy) is 2. The molecule has 0 radical (unpaired) electrons. The molecule has 0 unspecified atom stereocenters. The maximum absolute atomic E-state index is 10.8. The highest BCUT2D eigenvalue weighted by atomic mass is 32.1. The molecule has 2 aliphatic rings. The van der Waals surface area contributed by atoms with E-state index in [1.54, 1.807) is 0 Å². The summed E-state index contributed by atoms with van der Waals surface area (Å²) < 4.78 is 11.4. The number of rotatable bonds is 2. The molecule has 0 saturated carbocycles. The van der Waals surface area contributed by atoms with Crippen LogP contribution in [0.25, 0.3) is 0 Å². The van der Waals surface area contributed by atoms with E-state index in [1.807, 2.05) is 4.90 Å². The van der Waals surface area contributed by atoms with Gasteiger partial charge < -0.3 is 19.5 Å². The highest BCUT2D eigenvalue weighted by molar-refractivity contribution is 7.17. The summed E-state index contributed by atoms with van der Waals surface area (Å²) in [7, 11) is 0. The lowest BCUT2D eigenvalue weighted by Crippen LogP contribution is -2.49. The summed E-state index contributed by atoms with van der Waals surface area (Å²) in [5, 5.41) is 9.63. The molecule has 0 amide bonds. The van der Waals surface area contributed by atoms with Crippen LogP contribution in [0, 0.1) is 0 Å². The fourth-order valence-corrected chi connectivity index (χ4v) is 3.17. The zero-order valence-corrected chi connectivity index (χ0v) is 10.6. The van der Waals surface area contributed by atoms with Crippen molar-refractivity contribution in [2.24, 2.45) is 0 Å². The number of aromatic nitrogens is 1. The average Bonchev–Trinajstić information content (AvgIpc) is 2.98. The van der Waals surface area contributed by atoms with E-state index in [0.717, 1.165) is 24.5 Å². The zero-order chi connectivity index (χ0) is 12.6. The SMILES string of the molecule is O=C(O)c1cnc(N2CCCC3(C2)OCCO3)s1. The molecule has 0 atom stereocenters. The standard InChI is InChI=1S/C11H14N2O4S/c14-9(15)8-6-12-10(18-8)13-3-1-2-11(7-13)16-4-5-17-11/h6H,1-5,7H2,(H,14,15). The molecule has 98 valence electrons. The Bertz CT molecular complexity index is 456. The lowest BCUT2D eigenvalue weighted by Gasteiger charge is -2.38. The van der Waals surface area contributed by atoms with Crippen LogP contribution in [0.1, 0.15) is 22.5 Å². The van der Waals surface area contributed by atoms with Gasteiger partial charge >= 0.3 is 5.97 Å². The summed E-state index contributed by atoms with van der Waals surface area (Å²) in [5.74, 6) is -1.44. The second-order valence-electron chi connectivity index (χ2n) is 4.44. The van der Waals surface area contributed by atoms with Gasteiger partial charge in [0.2, 0.25) is 0 Å². The van der Waals surface area contributed by atoms with Gasteiger partial charge in [0.25, 0.3) is 0 Å². The van der Waals surface area contributed by atoms with E-state index in [-0.39, 0.29) is 4.88 Å². The van der Waals surface area contributed by atoms with Crippen molar-refractivity contribution in [1.82, 2.24) is 4.98 Å². The Kier molecular flexibility index (Phi) is 2.96. The lowest BCUT2D eigenvalue weighted by atomic mass is 10.1. The van der Waals surface area contributed by atoms with E-state index in [9.17, 15) is 4.79 Å². The third-order valence-corrected chi connectivity index (χ3v) is 4.25. The van der Waals surface area contributed by atoms with E-state index < -0.39 is 11.8 Å². The van der Waals surface area contributed by atoms with Crippen LogP contribution in [-0.4, -0.2) is 48.2 Å². The van der Waals surface area contributed by atoms with Gasteiger partial charge in [-0.3, -0.25) is 0 Å². The number of carboxylic acid groups (broad SMARTS) is 1. The number of carboxylic acids is 1. The summed E-state index contributed by atoms with van der Waals surface area (Å²) in [6, 6.07) is 0. The third-order valence-electron chi connectivity index (χ3n) is 3.21. The molecular formula is C11H14N2O4S. The Balaban J connectivity index is 1.76. The maximum atomic E-state index is 10.8. The van der Waals surface area contributed by atoms with Crippen LogP contribution in [0.4, 0.5) is 5.13 Å². The fourth-order valence-electron chi connectivity index (χ4n) is 2.39. The van der Waals surface area contributed by atoms with Crippen molar-refractivity contribution >= 4 is 22.4 Å². The van der Waals surface area contributed by atoms with Crippen LogP contribution in [0.3, 0.4) is 0 Å². The van der Waals surface area contributed by atoms with Crippen molar-refractivity contribution in [1.29, 1.82) is 0 Å². The zero-order valence-electron chi connectivity index (χ0n) is 9.79. The van der Waals surface area contributed by atoms with Gasteiger partial charge in [0.05, 0.1) is 26.0 Å². The second kappa shape index (κ2) is 4.49. The Morgan fingerprint density at radius 3 is 2.94 bits per heavy atom. The number of anilines is 1. The van der Waals surface area contributed by atoms with E-state index in [4.69, 9.17) is 14.6 Å². The number of thiazole rings is 1. The highest BCUT2D eigenvalue weighted by Gasteiger charge is 2.41. The molecule has 1 spiro atoms. The predicted octanol–water partition coefficient (Wildman–Crippen LogP) is 1.18. The molecule has 18 heavy (non-hydrogen) atoms. The second-order valence-corrected chi connectivity index (χ2v) is 5.45. The average molecular weight is 270 g/mol. The molecule has 1 N–H and O–H groups in total. The molecule has 2 fully saturated rings. The Labute approximate surface area is 108 Å². The van der Waals surface area contributed by atoms with Gasteiger partial charge in [-0.1, -0.05) is 11.3 Å². The monoisotopic (exact) mass is 270 g/mol. The fraction of sp³-hybridized carbons (Fsp3) is 0.636. The van der Waals surface area contributed by atoms with Crippen molar-refractivity contribution in [2.45, 2.75) is 18.6 Å². The first-order chi connectivity index (χ1) is 8.69. The summed E-state index contributed by atoms with van der Waals surface area (Å²) in [6.45, 7) is 2.75. The molecule has 7 heteroatoms.